The molecule has 0 saturated carbocycles. The van der Waals surface area contributed by atoms with Crippen LogP contribution in [0, 0.1) is 5.82 Å². The number of benzene rings is 2. The van der Waals surface area contributed by atoms with Crippen LogP contribution < -0.4 is 5.32 Å². The molecule has 0 radical (unpaired) electrons. The van der Waals surface area contributed by atoms with E-state index in [0.717, 1.165) is 36.0 Å². The van der Waals surface area contributed by atoms with Gasteiger partial charge in [-0.2, -0.15) is 13.2 Å². The smallest absolute Gasteiger partial charge is 0.411 e. The molecule has 5 nitrogen and oxygen atoms in total. The average Bonchev–Trinajstić information content (AvgIpc) is 3.09. The molecule has 0 aliphatic heterocycles. The Morgan fingerprint density at radius 2 is 1.78 bits per heavy atom. The quantitative estimate of drug-likeness (QED) is 0.502. The van der Waals surface area contributed by atoms with Gasteiger partial charge < -0.3 is 9.73 Å². The van der Waals surface area contributed by atoms with Gasteiger partial charge in [0.25, 0.3) is 11.1 Å². The molecule has 3 aromatic rings. The Morgan fingerprint density at radius 3 is 2.44 bits per heavy atom. The van der Waals surface area contributed by atoms with E-state index in [9.17, 15) is 22.4 Å². The summed E-state index contributed by atoms with van der Waals surface area (Å²) in [6, 6.07) is 9.95. The maximum Gasteiger partial charge on any atom is 0.416 e. The molecular weight excluding hydrogens is 386 g/mol. The summed E-state index contributed by atoms with van der Waals surface area (Å²) < 4.78 is 56.5. The summed E-state index contributed by atoms with van der Waals surface area (Å²) in [5, 5.41) is 9.98. The number of rotatable bonds is 5. The summed E-state index contributed by atoms with van der Waals surface area (Å²) in [7, 11) is 0. The minimum absolute atomic E-state index is 0.0150. The number of hydrogen-bond donors (Lipinski definition) is 1. The average molecular weight is 397 g/mol. The largest absolute Gasteiger partial charge is 0.416 e. The molecule has 10 heteroatoms. The van der Waals surface area contributed by atoms with Crippen LogP contribution in [-0.4, -0.2) is 21.9 Å². The zero-order valence-corrected chi connectivity index (χ0v) is 14.3. The number of hydrogen-bond acceptors (Lipinski definition) is 5. The number of nitrogens with zero attached hydrogens (tertiary/aromatic N) is 2. The lowest BCUT2D eigenvalue weighted by Crippen LogP contribution is -2.14. The van der Waals surface area contributed by atoms with Crippen molar-refractivity contribution in [1.82, 2.24) is 10.2 Å². The second-order valence-electron chi connectivity index (χ2n) is 5.26. The van der Waals surface area contributed by atoms with E-state index in [1.165, 1.54) is 18.2 Å². The van der Waals surface area contributed by atoms with Crippen LogP contribution in [0.4, 0.5) is 23.2 Å². The highest BCUT2D eigenvalue weighted by Gasteiger charge is 2.30. The third-order valence-corrected chi connectivity index (χ3v) is 4.15. The zero-order valence-electron chi connectivity index (χ0n) is 13.5. The van der Waals surface area contributed by atoms with Crippen molar-refractivity contribution in [3.63, 3.8) is 0 Å². The van der Waals surface area contributed by atoms with E-state index in [1.807, 2.05) is 0 Å². The first-order chi connectivity index (χ1) is 12.8. The summed E-state index contributed by atoms with van der Waals surface area (Å²) in [6.45, 7) is 0. The van der Waals surface area contributed by atoms with E-state index < -0.39 is 23.5 Å². The molecule has 0 unspecified atom stereocenters. The summed E-state index contributed by atoms with van der Waals surface area (Å²) in [4.78, 5) is 11.9. The van der Waals surface area contributed by atoms with Crippen molar-refractivity contribution in [3.8, 4) is 11.5 Å². The predicted octanol–water partition coefficient (Wildman–Crippen LogP) is 4.63. The van der Waals surface area contributed by atoms with Gasteiger partial charge in [0.1, 0.15) is 5.82 Å². The van der Waals surface area contributed by atoms with Crippen LogP contribution in [0.3, 0.4) is 0 Å². The van der Waals surface area contributed by atoms with E-state index in [1.54, 1.807) is 6.07 Å². The number of halogens is 4. The van der Waals surface area contributed by atoms with Crippen molar-refractivity contribution >= 4 is 23.4 Å². The lowest BCUT2D eigenvalue weighted by molar-refractivity contribution is -0.137. The van der Waals surface area contributed by atoms with Crippen molar-refractivity contribution < 1.29 is 26.8 Å². The monoisotopic (exact) mass is 397 g/mol. The summed E-state index contributed by atoms with van der Waals surface area (Å²) in [6.07, 6.45) is -4.44. The Balaban J connectivity index is 1.56. The lowest BCUT2D eigenvalue weighted by Gasteiger charge is -2.08. The molecule has 1 amide bonds. The first kappa shape index (κ1) is 18.9. The van der Waals surface area contributed by atoms with E-state index in [2.05, 4.69) is 15.5 Å². The molecule has 0 fully saturated rings. The van der Waals surface area contributed by atoms with Crippen molar-refractivity contribution in [1.29, 1.82) is 0 Å². The number of amides is 1. The van der Waals surface area contributed by atoms with E-state index in [4.69, 9.17) is 4.42 Å². The SMILES string of the molecule is O=C(CSc1nnc(-c2ccccc2F)o1)Nc1ccc(C(F)(F)F)cc1. The van der Waals surface area contributed by atoms with Crippen LogP contribution in [0.15, 0.2) is 58.2 Å². The number of nitrogens with one attached hydrogen (secondary N) is 1. The van der Waals surface area contributed by atoms with Gasteiger partial charge in [-0.05, 0) is 36.4 Å². The number of carbonyl (C=O) groups is 1. The van der Waals surface area contributed by atoms with Gasteiger partial charge in [0, 0.05) is 5.69 Å². The van der Waals surface area contributed by atoms with E-state index >= 15 is 0 Å². The van der Waals surface area contributed by atoms with Crippen LogP contribution >= 0.6 is 11.8 Å². The standard InChI is InChI=1S/C17H11F4N3O2S/c18-13-4-2-1-3-12(13)15-23-24-16(26-15)27-9-14(25)22-11-7-5-10(6-8-11)17(19,20)21/h1-8H,9H2,(H,22,25). The molecule has 1 N–H and O–H groups in total. The molecule has 0 aliphatic rings. The van der Waals surface area contributed by atoms with Gasteiger partial charge in [0.05, 0.1) is 16.9 Å². The molecule has 0 spiro atoms. The second-order valence-corrected chi connectivity index (χ2v) is 6.19. The second kappa shape index (κ2) is 7.78. The molecule has 27 heavy (non-hydrogen) atoms. The molecule has 140 valence electrons. The number of thioether (sulfide) groups is 1. The molecule has 2 aromatic carbocycles. The van der Waals surface area contributed by atoms with Crippen molar-refractivity contribution in [2.75, 3.05) is 11.1 Å². The molecule has 3 rings (SSSR count). The van der Waals surface area contributed by atoms with Crippen LogP contribution in [0.25, 0.3) is 11.5 Å². The number of aromatic nitrogens is 2. The van der Waals surface area contributed by atoms with Gasteiger partial charge in [-0.15, -0.1) is 10.2 Å². The van der Waals surface area contributed by atoms with E-state index in [-0.39, 0.29) is 28.1 Å². The topological polar surface area (TPSA) is 68.0 Å². The fraction of sp³-hybridized carbons (Fsp3) is 0.118. The Kier molecular flexibility index (Phi) is 5.45. The van der Waals surface area contributed by atoms with Gasteiger partial charge in [0.2, 0.25) is 5.91 Å². The highest BCUT2D eigenvalue weighted by atomic mass is 32.2. The predicted molar refractivity (Wildman–Crippen MR) is 90.5 cm³/mol. The first-order valence-electron chi connectivity index (χ1n) is 7.51. The fourth-order valence-electron chi connectivity index (χ4n) is 2.08. The third kappa shape index (κ3) is 4.85. The van der Waals surface area contributed by atoms with Crippen molar-refractivity contribution in [3.05, 3.63) is 59.9 Å². The highest BCUT2D eigenvalue weighted by molar-refractivity contribution is 7.99. The van der Waals surface area contributed by atoms with Gasteiger partial charge in [0.15, 0.2) is 0 Å². The van der Waals surface area contributed by atoms with Crippen LogP contribution in [0.5, 0.6) is 0 Å². The Hall–Kier alpha value is -2.88. The van der Waals surface area contributed by atoms with Gasteiger partial charge >= 0.3 is 6.18 Å². The fourth-order valence-corrected chi connectivity index (χ4v) is 2.64. The van der Waals surface area contributed by atoms with Gasteiger partial charge in [-0.1, -0.05) is 23.9 Å². The molecule has 1 heterocycles. The minimum atomic E-state index is -4.44. The summed E-state index contributed by atoms with van der Waals surface area (Å²) in [5.74, 6) is -1.11. The molecule has 1 aromatic heterocycles. The van der Waals surface area contributed by atoms with Crippen molar-refractivity contribution in [2.24, 2.45) is 0 Å². The zero-order chi connectivity index (χ0) is 19.4. The van der Waals surface area contributed by atoms with Gasteiger partial charge in [-0.25, -0.2) is 4.39 Å². The van der Waals surface area contributed by atoms with Crippen molar-refractivity contribution in [2.45, 2.75) is 11.4 Å². The molecule has 0 aliphatic carbocycles. The Morgan fingerprint density at radius 1 is 1.07 bits per heavy atom. The number of alkyl halides is 3. The lowest BCUT2D eigenvalue weighted by atomic mass is 10.2. The van der Waals surface area contributed by atoms with Gasteiger partial charge in [-0.3, -0.25) is 4.79 Å². The first-order valence-corrected chi connectivity index (χ1v) is 8.50. The maximum atomic E-state index is 13.7. The third-order valence-electron chi connectivity index (χ3n) is 3.33. The van der Waals surface area contributed by atoms with Crippen LogP contribution in [0.2, 0.25) is 0 Å². The number of anilines is 1. The maximum absolute atomic E-state index is 13.7. The summed E-state index contributed by atoms with van der Waals surface area (Å²) in [5.41, 5.74) is -0.432. The normalized spacial score (nSPS) is 11.4. The van der Waals surface area contributed by atoms with E-state index in [0.29, 0.717) is 0 Å². The summed E-state index contributed by atoms with van der Waals surface area (Å²) >= 11 is 0.922. The van der Waals surface area contributed by atoms with Crippen LogP contribution in [-0.2, 0) is 11.0 Å². The number of carbonyl (C=O) groups excluding carboxylic acids is 1. The molecule has 0 atom stereocenters. The Bertz CT molecular complexity index is 942. The molecule has 0 saturated heterocycles. The highest BCUT2D eigenvalue weighted by Crippen LogP contribution is 2.30. The molecular formula is C17H11F4N3O2S. The Labute approximate surface area is 154 Å². The van der Waals surface area contributed by atoms with Crippen LogP contribution in [0.1, 0.15) is 5.56 Å². The minimum Gasteiger partial charge on any atom is -0.411 e. The molecule has 0 bridgehead atoms.